The van der Waals surface area contributed by atoms with Crippen LogP contribution in [-0.2, 0) is 10.5 Å². The second-order valence-corrected chi connectivity index (χ2v) is 2.82. The van der Waals surface area contributed by atoms with Crippen LogP contribution in [-0.4, -0.2) is 18.2 Å². The van der Waals surface area contributed by atoms with Gasteiger partial charge in [-0.15, -0.1) is 0 Å². The monoisotopic (exact) mass is 198 g/mol. The number of phenolic OH excluding ortho intramolecular Hbond substituents is 1. The van der Waals surface area contributed by atoms with Crippen LogP contribution in [0.3, 0.4) is 0 Å². The third-order valence-electron chi connectivity index (χ3n) is 1.65. The van der Waals surface area contributed by atoms with Gasteiger partial charge in [0.05, 0.1) is 7.11 Å². The van der Waals surface area contributed by atoms with Crippen molar-refractivity contribution >= 4 is 18.6 Å². The molecule has 4 heteroatoms. The molecule has 0 heterocycles. The number of carbonyl (C=O) groups excluding carboxylic acids is 1. The van der Waals surface area contributed by atoms with Crippen LogP contribution in [0.5, 0.6) is 5.75 Å². The van der Waals surface area contributed by atoms with E-state index in [1.807, 2.05) is 0 Å². The van der Waals surface area contributed by atoms with Crippen LogP contribution in [0.25, 0.3) is 0 Å². The molecule has 0 amide bonds. The molecular formula is C9H10O3S. The molecule has 13 heavy (non-hydrogen) atoms. The van der Waals surface area contributed by atoms with Crippen molar-refractivity contribution in [2.45, 2.75) is 5.75 Å². The van der Waals surface area contributed by atoms with Crippen LogP contribution in [0.15, 0.2) is 18.2 Å². The quantitative estimate of drug-likeness (QED) is 0.560. The Morgan fingerprint density at radius 3 is 2.85 bits per heavy atom. The summed E-state index contributed by atoms with van der Waals surface area (Å²) in [6, 6.07) is 4.72. The third-order valence-corrected chi connectivity index (χ3v) is 2.01. The lowest BCUT2D eigenvalue weighted by Crippen LogP contribution is -2.02. The standard InChI is InChI=1S/C9H10O3S/c1-12-9(11)7-4-6(5-13)2-3-8(7)10/h2-4,10,13H,5H2,1H3. The lowest BCUT2D eigenvalue weighted by Gasteiger charge is -2.03. The van der Waals surface area contributed by atoms with Crippen LogP contribution in [0.2, 0.25) is 0 Å². The first-order valence-corrected chi connectivity index (χ1v) is 4.33. The predicted molar refractivity (Wildman–Crippen MR) is 52.1 cm³/mol. The maximum atomic E-state index is 11.1. The zero-order valence-electron chi connectivity index (χ0n) is 7.15. The summed E-state index contributed by atoms with van der Waals surface area (Å²) in [5.41, 5.74) is 1.04. The maximum absolute atomic E-state index is 11.1. The van der Waals surface area contributed by atoms with Gasteiger partial charge in [-0.1, -0.05) is 6.07 Å². The zero-order chi connectivity index (χ0) is 9.84. The van der Waals surface area contributed by atoms with Crippen molar-refractivity contribution in [3.63, 3.8) is 0 Å². The molecule has 0 aliphatic carbocycles. The molecule has 1 aromatic rings. The van der Waals surface area contributed by atoms with E-state index in [0.29, 0.717) is 5.75 Å². The normalized spacial score (nSPS) is 9.69. The number of esters is 1. The highest BCUT2D eigenvalue weighted by molar-refractivity contribution is 7.79. The van der Waals surface area contributed by atoms with Gasteiger partial charge in [-0.05, 0) is 17.7 Å². The van der Waals surface area contributed by atoms with E-state index in [0.717, 1.165) is 5.56 Å². The number of thiol groups is 1. The van der Waals surface area contributed by atoms with Gasteiger partial charge >= 0.3 is 5.97 Å². The van der Waals surface area contributed by atoms with Crippen LogP contribution in [0.4, 0.5) is 0 Å². The van der Waals surface area contributed by atoms with Gasteiger partial charge in [0.15, 0.2) is 0 Å². The second-order valence-electron chi connectivity index (χ2n) is 2.50. The van der Waals surface area contributed by atoms with Gasteiger partial charge in [0.1, 0.15) is 11.3 Å². The van der Waals surface area contributed by atoms with Crippen molar-refractivity contribution in [2.24, 2.45) is 0 Å². The first kappa shape index (κ1) is 9.92. The van der Waals surface area contributed by atoms with Gasteiger partial charge in [0, 0.05) is 5.75 Å². The van der Waals surface area contributed by atoms with Crippen LogP contribution in [0.1, 0.15) is 15.9 Å². The van der Waals surface area contributed by atoms with Crippen molar-refractivity contribution < 1.29 is 14.6 Å². The van der Waals surface area contributed by atoms with Crippen molar-refractivity contribution in [3.05, 3.63) is 29.3 Å². The van der Waals surface area contributed by atoms with Gasteiger partial charge < -0.3 is 9.84 Å². The molecule has 1 N–H and O–H groups in total. The molecule has 0 bridgehead atoms. The Kier molecular flexibility index (Phi) is 3.19. The highest BCUT2D eigenvalue weighted by Crippen LogP contribution is 2.19. The summed E-state index contributed by atoms with van der Waals surface area (Å²) >= 11 is 4.06. The van der Waals surface area contributed by atoms with Gasteiger partial charge in [0.2, 0.25) is 0 Å². The van der Waals surface area contributed by atoms with E-state index in [-0.39, 0.29) is 11.3 Å². The Morgan fingerprint density at radius 1 is 1.62 bits per heavy atom. The van der Waals surface area contributed by atoms with Crippen molar-refractivity contribution in [3.8, 4) is 5.75 Å². The molecule has 0 saturated carbocycles. The van der Waals surface area contributed by atoms with E-state index in [2.05, 4.69) is 17.4 Å². The molecule has 0 radical (unpaired) electrons. The highest BCUT2D eigenvalue weighted by atomic mass is 32.1. The average molecular weight is 198 g/mol. The third kappa shape index (κ3) is 2.15. The molecule has 1 rings (SSSR count). The smallest absolute Gasteiger partial charge is 0.341 e. The number of ether oxygens (including phenoxy) is 1. The zero-order valence-corrected chi connectivity index (χ0v) is 8.04. The molecule has 0 aliphatic rings. The summed E-state index contributed by atoms with van der Waals surface area (Å²) in [6.07, 6.45) is 0. The van der Waals surface area contributed by atoms with Gasteiger partial charge in [-0.25, -0.2) is 4.79 Å². The minimum absolute atomic E-state index is 0.0719. The van der Waals surface area contributed by atoms with Crippen molar-refractivity contribution in [2.75, 3.05) is 7.11 Å². The van der Waals surface area contributed by atoms with Gasteiger partial charge in [0.25, 0.3) is 0 Å². The van der Waals surface area contributed by atoms with E-state index in [4.69, 9.17) is 0 Å². The Hall–Kier alpha value is -1.16. The molecule has 0 fully saturated rings. The van der Waals surface area contributed by atoms with Gasteiger partial charge in [-0.2, -0.15) is 12.6 Å². The summed E-state index contributed by atoms with van der Waals surface area (Å²) in [5, 5.41) is 9.31. The fourth-order valence-corrected chi connectivity index (χ4v) is 1.15. The maximum Gasteiger partial charge on any atom is 0.341 e. The van der Waals surface area contributed by atoms with Crippen molar-refractivity contribution in [1.29, 1.82) is 0 Å². The Morgan fingerprint density at radius 2 is 2.31 bits per heavy atom. The number of hydrogen-bond acceptors (Lipinski definition) is 4. The highest BCUT2D eigenvalue weighted by Gasteiger charge is 2.11. The summed E-state index contributed by atoms with van der Waals surface area (Å²) in [6.45, 7) is 0. The van der Waals surface area contributed by atoms with E-state index in [9.17, 15) is 9.90 Å². The number of aromatic hydroxyl groups is 1. The molecule has 3 nitrogen and oxygen atoms in total. The molecule has 70 valence electrons. The summed E-state index contributed by atoms with van der Waals surface area (Å²) in [4.78, 5) is 11.1. The van der Waals surface area contributed by atoms with Crippen LogP contribution < -0.4 is 0 Å². The minimum atomic E-state index is -0.541. The molecule has 0 aromatic heterocycles. The second kappa shape index (κ2) is 4.18. The molecule has 0 aliphatic heterocycles. The molecule has 0 unspecified atom stereocenters. The average Bonchev–Trinajstić information content (AvgIpc) is 2.17. The molecule has 1 aromatic carbocycles. The number of methoxy groups -OCH3 is 1. The number of phenols is 1. The Labute approximate surface area is 81.8 Å². The topological polar surface area (TPSA) is 46.5 Å². The van der Waals surface area contributed by atoms with E-state index in [1.165, 1.54) is 13.2 Å². The Balaban J connectivity index is 3.11. The summed E-state index contributed by atoms with van der Waals surface area (Å²) in [7, 11) is 1.27. The van der Waals surface area contributed by atoms with Crippen LogP contribution in [0, 0.1) is 0 Å². The first-order valence-electron chi connectivity index (χ1n) is 3.70. The number of carbonyl (C=O) groups is 1. The lowest BCUT2D eigenvalue weighted by molar-refractivity contribution is 0.0597. The predicted octanol–water partition coefficient (Wildman–Crippen LogP) is 1.61. The SMILES string of the molecule is COC(=O)c1cc(CS)ccc1O. The van der Waals surface area contributed by atoms with Gasteiger partial charge in [-0.3, -0.25) is 0 Å². The van der Waals surface area contributed by atoms with E-state index in [1.54, 1.807) is 12.1 Å². The number of benzene rings is 1. The fourth-order valence-electron chi connectivity index (χ4n) is 0.955. The summed E-state index contributed by atoms with van der Waals surface area (Å²) in [5.74, 6) is -0.0944. The lowest BCUT2D eigenvalue weighted by atomic mass is 10.1. The van der Waals surface area contributed by atoms with Crippen molar-refractivity contribution in [1.82, 2.24) is 0 Å². The molecular weight excluding hydrogens is 188 g/mol. The molecule has 0 saturated heterocycles. The van der Waals surface area contributed by atoms with Crippen LogP contribution >= 0.6 is 12.6 Å². The molecule has 0 atom stereocenters. The summed E-state index contributed by atoms with van der Waals surface area (Å²) < 4.78 is 4.49. The largest absolute Gasteiger partial charge is 0.507 e. The van der Waals surface area contributed by atoms with E-state index < -0.39 is 5.97 Å². The number of hydrogen-bond donors (Lipinski definition) is 2. The molecule has 0 spiro atoms. The van der Waals surface area contributed by atoms with E-state index >= 15 is 0 Å². The minimum Gasteiger partial charge on any atom is -0.507 e. The fraction of sp³-hybridized carbons (Fsp3) is 0.222. The first-order chi connectivity index (χ1) is 6.19. The Bertz CT molecular complexity index is 323. The number of rotatable bonds is 2.